The van der Waals surface area contributed by atoms with Crippen LogP contribution in [-0.4, -0.2) is 43.7 Å². The number of methoxy groups -OCH3 is 1. The lowest BCUT2D eigenvalue weighted by atomic mass is 10.1. The molecule has 1 fully saturated rings. The quantitative estimate of drug-likeness (QED) is 0.322. The van der Waals surface area contributed by atoms with Gasteiger partial charge in [-0.2, -0.15) is 0 Å². The van der Waals surface area contributed by atoms with Crippen molar-refractivity contribution < 1.29 is 23.4 Å². The standard InChI is InChI=1S/C29H34FN3O4/c1-3-4-15-33-16-13-23(14-17-33)36-22-8-5-20(6-9-22)29(34)32-26-11-10-24(19-25(26)30)37-27-12-7-21(31)18-28(27)35-2/h5-12,18-19,23H,3-4,13-17,31H2,1-2H3,(H,32,34). The number of nitrogens with one attached hydrogen (secondary N) is 1. The van der Waals surface area contributed by atoms with E-state index >= 15 is 0 Å². The van der Waals surface area contributed by atoms with Gasteiger partial charge in [-0.15, -0.1) is 0 Å². The smallest absolute Gasteiger partial charge is 0.255 e. The van der Waals surface area contributed by atoms with Crippen molar-refractivity contribution in [3.63, 3.8) is 0 Å². The van der Waals surface area contributed by atoms with E-state index in [9.17, 15) is 9.18 Å². The number of piperidine rings is 1. The first-order valence-corrected chi connectivity index (χ1v) is 12.7. The number of hydrogen-bond donors (Lipinski definition) is 2. The summed E-state index contributed by atoms with van der Waals surface area (Å²) in [5.41, 5.74) is 6.75. The molecule has 0 atom stereocenters. The maximum Gasteiger partial charge on any atom is 0.255 e. The number of benzene rings is 3. The number of anilines is 2. The number of nitrogen functional groups attached to an aromatic ring is 1. The molecule has 196 valence electrons. The van der Waals surface area contributed by atoms with Crippen LogP contribution in [0, 0.1) is 5.82 Å². The molecular formula is C29H34FN3O4. The molecule has 37 heavy (non-hydrogen) atoms. The molecule has 0 aromatic heterocycles. The summed E-state index contributed by atoms with van der Waals surface area (Å²) in [5, 5.41) is 2.61. The number of carbonyl (C=O) groups is 1. The molecule has 3 aromatic carbocycles. The summed E-state index contributed by atoms with van der Waals surface area (Å²) in [6.07, 6.45) is 4.62. The number of likely N-dealkylation sites (tertiary alicyclic amines) is 1. The molecule has 1 amide bonds. The van der Waals surface area contributed by atoms with Crippen LogP contribution in [0.2, 0.25) is 0 Å². The zero-order valence-electron chi connectivity index (χ0n) is 21.3. The van der Waals surface area contributed by atoms with Gasteiger partial charge in [0, 0.05) is 36.5 Å². The molecule has 0 unspecified atom stereocenters. The molecule has 7 nitrogen and oxygen atoms in total. The molecule has 4 rings (SSSR count). The van der Waals surface area contributed by atoms with E-state index in [1.165, 1.54) is 32.1 Å². The van der Waals surface area contributed by atoms with E-state index in [1.54, 1.807) is 48.5 Å². The average molecular weight is 508 g/mol. The third-order valence-electron chi connectivity index (χ3n) is 6.39. The van der Waals surface area contributed by atoms with E-state index in [-0.39, 0.29) is 17.5 Å². The predicted octanol–water partition coefficient (Wildman–Crippen LogP) is 6.10. The lowest BCUT2D eigenvalue weighted by Crippen LogP contribution is -2.38. The Morgan fingerprint density at radius 3 is 2.43 bits per heavy atom. The third kappa shape index (κ3) is 7.13. The minimum atomic E-state index is -0.620. The third-order valence-corrected chi connectivity index (χ3v) is 6.39. The topological polar surface area (TPSA) is 86.0 Å². The van der Waals surface area contributed by atoms with Crippen LogP contribution in [0.5, 0.6) is 23.0 Å². The van der Waals surface area contributed by atoms with Crippen LogP contribution in [-0.2, 0) is 0 Å². The van der Waals surface area contributed by atoms with Crippen LogP contribution < -0.4 is 25.3 Å². The van der Waals surface area contributed by atoms with Crippen LogP contribution in [0.4, 0.5) is 15.8 Å². The summed E-state index contributed by atoms with van der Waals surface area (Å²) in [5.74, 6) is 0.791. The summed E-state index contributed by atoms with van der Waals surface area (Å²) in [6.45, 7) is 5.46. The maximum atomic E-state index is 14.7. The van der Waals surface area contributed by atoms with Crippen molar-refractivity contribution in [1.82, 2.24) is 4.90 Å². The number of amides is 1. The van der Waals surface area contributed by atoms with E-state index in [0.29, 0.717) is 22.7 Å². The Hall–Kier alpha value is -3.78. The van der Waals surface area contributed by atoms with Crippen molar-refractivity contribution in [1.29, 1.82) is 0 Å². The summed E-state index contributed by atoms with van der Waals surface area (Å²) >= 11 is 0. The predicted molar refractivity (Wildman–Crippen MR) is 143 cm³/mol. The number of nitrogens with two attached hydrogens (primary N) is 1. The Labute approximate surface area is 217 Å². The Balaban J connectivity index is 1.31. The van der Waals surface area contributed by atoms with Crippen LogP contribution in [0.25, 0.3) is 0 Å². The van der Waals surface area contributed by atoms with Crippen molar-refractivity contribution in [2.75, 3.05) is 37.8 Å². The molecule has 3 N–H and O–H groups in total. The fourth-order valence-electron chi connectivity index (χ4n) is 4.26. The van der Waals surface area contributed by atoms with Gasteiger partial charge >= 0.3 is 0 Å². The lowest BCUT2D eigenvalue weighted by Gasteiger charge is -2.32. The highest BCUT2D eigenvalue weighted by Crippen LogP contribution is 2.34. The molecule has 1 aliphatic rings. The highest BCUT2D eigenvalue weighted by atomic mass is 19.1. The van der Waals surface area contributed by atoms with Gasteiger partial charge in [0.25, 0.3) is 5.91 Å². The molecule has 0 radical (unpaired) electrons. The van der Waals surface area contributed by atoms with Crippen molar-refractivity contribution in [3.05, 3.63) is 72.0 Å². The van der Waals surface area contributed by atoms with Crippen molar-refractivity contribution in [2.24, 2.45) is 0 Å². The van der Waals surface area contributed by atoms with Gasteiger partial charge in [-0.3, -0.25) is 4.79 Å². The first-order chi connectivity index (χ1) is 17.9. The molecule has 0 spiro atoms. The molecule has 1 saturated heterocycles. The van der Waals surface area contributed by atoms with Crippen LogP contribution in [0.15, 0.2) is 60.7 Å². The molecular weight excluding hydrogens is 473 g/mol. The van der Waals surface area contributed by atoms with Gasteiger partial charge in [-0.25, -0.2) is 4.39 Å². The van der Waals surface area contributed by atoms with Gasteiger partial charge < -0.3 is 30.2 Å². The Kier molecular flexibility index (Phi) is 8.85. The summed E-state index contributed by atoms with van der Waals surface area (Å²) in [4.78, 5) is 15.2. The molecule has 8 heteroatoms. The largest absolute Gasteiger partial charge is 0.493 e. The molecule has 0 saturated carbocycles. The van der Waals surface area contributed by atoms with E-state index < -0.39 is 11.7 Å². The second-order valence-electron chi connectivity index (χ2n) is 9.14. The van der Waals surface area contributed by atoms with E-state index in [0.717, 1.165) is 38.2 Å². The fraction of sp³-hybridized carbons (Fsp3) is 0.345. The molecule has 0 aliphatic carbocycles. The molecule has 1 heterocycles. The van der Waals surface area contributed by atoms with E-state index in [1.807, 2.05) is 0 Å². The second-order valence-corrected chi connectivity index (χ2v) is 9.14. The minimum absolute atomic E-state index is 0.0526. The van der Waals surface area contributed by atoms with Crippen molar-refractivity contribution in [3.8, 4) is 23.0 Å². The minimum Gasteiger partial charge on any atom is -0.493 e. The van der Waals surface area contributed by atoms with Gasteiger partial charge in [0.15, 0.2) is 11.5 Å². The van der Waals surface area contributed by atoms with Gasteiger partial charge in [0.05, 0.1) is 12.8 Å². The lowest BCUT2D eigenvalue weighted by molar-refractivity contribution is 0.0996. The normalized spacial score (nSPS) is 14.2. The maximum absolute atomic E-state index is 14.7. The number of unbranched alkanes of at least 4 members (excludes halogenated alkanes) is 1. The average Bonchev–Trinajstić information content (AvgIpc) is 2.91. The van der Waals surface area contributed by atoms with Crippen LogP contribution >= 0.6 is 0 Å². The molecule has 0 bridgehead atoms. The summed E-state index contributed by atoms with van der Waals surface area (Å²) in [6, 6.07) is 16.1. The number of nitrogens with zero attached hydrogens (tertiary/aromatic N) is 1. The highest BCUT2D eigenvalue weighted by Gasteiger charge is 2.20. The first-order valence-electron chi connectivity index (χ1n) is 12.7. The summed E-state index contributed by atoms with van der Waals surface area (Å²) < 4.78 is 31.8. The Morgan fingerprint density at radius 2 is 1.76 bits per heavy atom. The van der Waals surface area contributed by atoms with Gasteiger partial charge in [-0.1, -0.05) is 13.3 Å². The summed E-state index contributed by atoms with van der Waals surface area (Å²) in [7, 11) is 1.50. The van der Waals surface area contributed by atoms with Crippen LogP contribution in [0.1, 0.15) is 43.0 Å². The SMILES string of the molecule is CCCCN1CCC(Oc2ccc(C(=O)Nc3ccc(Oc4ccc(N)cc4OC)cc3F)cc2)CC1. The fourth-order valence-corrected chi connectivity index (χ4v) is 4.26. The number of rotatable bonds is 10. The number of halogens is 1. The zero-order chi connectivity index (χ0) is 26.2. The highest BCUT2D eigenvalue weighted by molar-refractivity contribution is 6.04. The second kappa shape index (κ2) is 12.5. The number of hydrogen-bond acceptors (Lipinski definition) is 6. The van der Waals surface area contributed by atoms with Crippen LogP contribution in [0.3, 0.4) is 0 Å². The first kappa shape index (κ1) is 26.3. The van der Waals surface area contributed by atoms with Gasteiger partial charge in [-0.05, 0) is 74.3 Å². The monoisotopic (exact) mass is 507 g/mol. The molecule has 1 aliphatic heterocycles. The van der Waals surface area contributed by atoms with E-state index in [2.05, 4.69) is 17.1 Å². The van der Waals surface area contributed by atoms with Crippen molar-refractivity contribution >= 4 is 17.3 Å². The number of carbonyl (C=O) groups excluding carboxylic acids is 1. The Bertz CT molecular complexity index is 1190. The van der Waals surface area contributed by atoms with Crippen molar-refractivity contribution in [2.45, 2.75) is 38.7 Å². The Morgan fingerprint density at radius 1 is 1.03 bits per heavy atom. The molecule has 3 aromatic rings. The zero-order valence-corrected chi connectivity index (χ0v) is 21.3. The van der Waals surface area contributed by atoms with Gasteiger partial charge in [0.1, 0.15) is 23.4 Å². The number of ether oxygens (including phenoxy) is 3. The van der Waals surface area contributed by atoms with E-state index in [4.69, 9.17) is 19.9 Å². The van der Waals surface area contributed by atoms with Gasteiger partial charge in [0.2, 0.25) is 0 Å².